The first-order valence-corrected chi connectivity index (χ1v) is 10.1. The standard InChI is InChI=1S/C19H33N5O6/c1-7-30-19(29)24(11(2)3)22-17(27)15-9-8-10-23(15)18(28)13(5)21-16(26)12(4)20-14(6)25/h11-13,15H,7-10H2,1-6H3,(H,20,25)(H,21,26)(H,22,27)/t12-,13-,15-/m0/s1. The van der Waals surface area contributed by atoms with Gasteiger partial charge in [-0.15, -0.1) is 0 Å². The Bertz CT molecular complexity index is 668. The third-order valence-corrected chi connectivity index (χ3v) is 4.59. The van der Waals surface area contributed by atoms with Gasteiger partial charge in [-0.2, -0.15) is 0 Å². The predicted octanol–water partition coefficient (Wildman–Crippen LogP) is -0.0952. The highest BCUT2D eigenvalue weighted by Gasteiger charge is 2.38. The number of ether oxygens (including phenoxy) is 1. The number of rotatable bonds is 7. The van der Waals surface area contributed by atoms with Gasteiger partial charge in [0.15, 0.2) is 0 Å². The average molecular weight is 428 g/mol. The highest BCUT2D eigenvalue weighted by Crippen LogP contribution is 2.19. The monoisotopic (exact) mass is 427 g/mol. The van der Waals surface area contributed by atoms with Crippen LogP contribution >= 0.6 is 0 Å². The van der Waals surface area contributed by atoms with Gasteiger partial charge in [0.05, 0.1) is 12.6 Å². The Morgan fingerprint density at radius 3 is 2.23 bits per heavy atom. The van der Waals surface area contributed by atoms with Crippen molar-refractivity contribution in [3.05, 3.63) is 0 Å². The van der Waals surface area contributed by atoms with Gasteiger partial charge in [0.2, 0.25) is 17.7 Å². The zero-order valence-electron chi connectivity index (χ0n) is 18.5. The van der Waals surface area contributed by atoms with E-state index in [0.29, 0.717) is 19.4 Å². The smallest absolute Gasteiger partial charge is 0.428 e. The molecule has 0 bridgehead atoms. The molecule has 1 aliphatic heterocycles. The minimum Gasteiger partial charge on any atom is -0.448 e. The van der Waals surface area contributed by atoms with Crippen LogP contribution in [0.5, 0.6) is 0 Å². The van der Waals surface area contributed by atoms with Crippen molar-refractivity contribution >= 4 is 29.7 Å². The van der Waals surface area contributed by atoms with Crippen molar-refractivity contribution in [3.8, 4) is 0 Å². The number of hydrazine groups is 1. The Morgan fingerprint density at radius 2 is 1.70 bits per heavy atom. The lowest BCUT2D eigenvalue weighted by Crippen LogP contribution is -2.58. The van der Waals surface area contributed by atoms with E-state index in [-0.39, 0.29) is 18.6 Å². The summed E-state index contributed by atoms with van der Waals surface area (Å²) in [4.78, 5) is 62.3. The van der Waals surface area contributed by atoms with Crippen LogP contribution in [0.4, 0.5) is 4.79 Å². The maximum atomic E-state index is 12.8. The number of hydrogen-bond acceptors (Lipinski definition) is 6. The molecule has 11 heteroatoms. The van der Waals surface area contributed by atoms with Gasteiger partial charge >= 0.3 is 6.09 Å². The molecule has 3 N–H and O–H groups in total. The van der Waals surface area contributed by atoms with E-state index in [4.69, 9.17) is 4.74 Å². The van der Waals surface area contributed by atoms with Gasteiger partial charge in [-0.3, -0.25) is 24.6 Å². The summed E-state index contributed by atoms with van der Waals surface area (Å²) in [5.74, 6) is -1.76. The molecule has 0 aliphatic carbocycles. The molecule has 0 unspecified atom stereocenters. The number of amides is 5. The van der Waals surface area contributed by atoms with Crippen molar-refractivity contribution in [1.29, 1.82) is 0 Å². The number of nitrogens with one attached hydrogen (secondary N) is 3. The van der Waals surface area contributed by atoms with Gasteiger partial charge in [0.1, 0.15) is 18.1 Å². The first kappa shape index (κ1) is 25.2. The molecule has 1 fully saturated rings. The van der Waals surface area contributed by atoms with Crippen LogP contribution in [0.25, 0.3) is 0 Å². The summed E-state index contributed by atoms with van der Waals surface area (Å²) in [6.45, 7) is 9.97. The summed E-state index contributed by atoms with van der Waals surface area (Å²) in [5.41, 5.74) is 2.54. The first-order chi connectivity index (χ1) is 14.0. The van der Waals surface area contributed by atoms with Crippen LogP contribution in [-0.2, 0) is 23.9 Å². The maximum absolute atomic E-state index is 12.8. The molecule has 1 rings (SSSR count). The second kappa shape index (κ2) is 11.4. The quantitative estimate of drug-likeness (QED) is 0.486. The molecule has 3 atom stereocenters. The van der Waals surface area contributed by atoms with Gasteiger partial charge in [-0.05, 0) is 47.5 Å². The molecule has 0 radical (unpaired) electrons. The molecule has 30 heavy (non-hydrogen) atoms. The van der Waals surface area contributed by atoms with E-state index in [1.54, 1.807) is 20.8 Å². The van der Waals surface area contributed by atoms with Crippen molar-refractivity contribution in [2.24, 2.45) is 0 Å². The Hall–Kier alpha value is -2.85. The van der Waals surface area contributed by atoms with E-state index < -0.39 is 41.9 Å². The fraction of sp³-hybridized carbons (Fsp3) is 0.737. The lowest BCUT2D eigenvalue weighted by molar-refractivity contribution is -0.143. The molecule has 11 nitrogen and oxygen atoms in total. The van der Waals surface area contributed by atoms with Crippen LogP contribution in [0, 0.1) is 0 Å². The number of hydrogen-bond donors (Lipinski definition) is 3. The number of nitrogens with zero attached hydrogens (tertiary/aromatic N) is 2. The number of carbonyl (C=O) groups is 5. The fourth-order valence-electron chi connectivity index (χ4n) is 3.09. The average Bonchev–Trinajstić information content (AvgIpc) is 3.14. The topological polar surface area (TPSA) is 137 Å². The lowest BCUT2D eigenvalue weighted by atomic mass is 10.2. The zero-order chi connectivity index (χ0) is 23.0. The summed E-state index contributed by atoms with van der Waals surface area (Å²) >= 11 is 0. The van der Waals surface area contributed by atoms with Crippen molar-refractivity contribution in [1.82, 2.24) is 26.0 Å². The third-order valence-electron chi connectivity index (χ3n) is 4.59. The van der Waals surface area contributed by atoms with E-state index in [9.17, 15) is 24.0 Å². The molecule has 0 spiro atoms. The normalized spacial score (nSPS) is 17.7. The van der Waals surface area contributed by atoms with Crippen LogP contribution in [0.15, 0.2) is 0 Å². The molecule has 170 valence electrons. The minimum absolute atomic E-state index is 0.167. The van der Waals surface area contributed by atoms with E-state index in [2.05, 4.69) is 16.1 Å². The Kier molecular flexibility index (Phi) is 9.54. The van der Waals surface area contributed by atoms with Crippen LogP contribution < -0.4 is 16.1 Å². The summed E-state index contributed by atoms with van der Waals surface area (Å²) in [6.07, 6.45) is 0.382. The Morgan fingerprint density at radius 1 is 1.07 bits per heavy atom. The van der Waals surface area contributed by atoms with E-state index >= 15 is 0 Å². The zero-order valence-corrected chi connectivity index (χ0v) is 18.5. The largest absolute Gasteiger partial charge is 0.448 e. The molecule has 1 aliphatic rings. The molecule has 1 heterocycles. The summed E-state index contributed by atoms with van der Waals surface area (Å²) in [7, 11) is 0. The van der Waals surface area contributed by atoms with Crippen molar-refractivity contribution in [3.63, 3.8) is 0 Å². The van der Waals surface area contributed by atoms with Crippen LogP contribution in [0.3, 0.4) is 0 Å². The molecule has 0 saturated carbocycles. The minimum atomic E-state index is -0.881. The van der Waals surface area contributed by atoms with Gasteiger partial charge in [-0.1, -0.05) is 0 Å². The van der Waals surface area contributed by atoms with E-state index in [1.807, 2.05) is 0 Å². The van der Waals surface area contributed by atoms with E-state index in [1.165, 1.54) is 25.7 Å². The van der Waals surface area contributed by atoms with Crippen LogP contribution in [-0.4, -0.2) is 76.9 Å². The highest BCUT2D eigenvalue weighted by molar-refractivity contribution is 5.94. The molecule has 0 aromatic carbocycles. The Labute approximate surface area is 176 Å². The molecule has 0 aromatic heterocycles. The van der Waals surface area contributed by atoms with Crippen LogP contribution in [0.2, 0.25) is 0 Å². The summed E-state index contributed by atoms with van der Waals surface area (Å²) in [6, 6.07) is -2.78. The van der Waals surface area contributed by atoms with Gasteiger partial charge < -0.3 is 20.3 Å². The van der Waals surface area contributed by atoms with Gasteiger partial charge in [0.25, 0.3) is 5.91 Å². The van der Waals surface area contributed by atoms with Crippen molar-refractivity contribution in [2.45, 2.75) is 78.6 Å². The van der Waals surface area contributed by atoms with E-state index in [0.717, 1.165) is 5.01 Å². The SMILES string of the molecule is CCOC(=O)N(NC(=O)[C@@H]1CCCN1C(=O)[C@H](C)NC(=O)[C@H](C)NC(C)=O)C(C)C. The van der Waals surface area contributed by atoms with Crippen molar-refractivity contribution < 1.29 is 28.7 Å². The maximum Gasteiger partial charge on any atom is 0.428 e. The fourth-order valence-corrected chi connectivity index (χ4v) is 3.09. The molecular weight excluding hydrogens is 394 g/mol. The number of carbonyl (C=O) groups excluding carboxylic acids is 5. The highest BCUT2D eigenvalue weighted by atomic mass is 16.6. The molecule has 5 amide bonds. The molecule has 0 aromatic rings. The summed E-state index contributed by atoms with van der Waals surface area (Å²) < 4.78 is 4.95. The first-order valence-electron chi connectivity index (χ1n) is 10.1. The van der Waals surface area contributed by atoms with Crippen LogP contribution in [0.1, 0.15) is 54.4 Å². The van der Waals surface area contributed by atoms with Gasteiger partial charge in [0, 0.05) is 13.5 Å². The summed E-state index contributed by atoms with van der Waals surface area (Å²) in [5, 5.41) is 6.09. The molecular formula is C19H33N5O6. The molecule has 1 saturated heterocycles. The lowest BCUT2D eigenvalue weighted by Gasteiger charge is -2.31. The van der Waals surface area contributed by atoms with Crippen molar-refractivity contribution in [2.75, 3.05) is 13.2 Å². The third kappa shape index (κ3) is 6.89. The second-order valence-electron chi connectivity index (χ2n) is 7.48. The number of likely N-dealkylation sites (tertiary alicyclic amines) is 1. The Balaban J connectivity index is 2.78. The van der Waals surface area contributed by atoms with Gasteiger partial charge in [-0.25, -0.2) is 9.80 Å². The second-order valence-corrected chi connectivity index (χ2v) is 7.48. The predicted molar refractivity (Wildman–Crippen MR) is 108 cm³/mol.